The Morgan fingerprint density at radius 3 is 3.10 bits per heavy atom. The molecule has 2 heteroatoms. The molecule has 2 nitrogen and oxygen atoms in total. The van der Waals surface area contributed by atoms with Crippen LogP contribution >= 0.6 is 0 Å². The first-order chi connectivity index (χ1) is 4.88. The zero-order chi connectivity index (χ0) is 6.97. The molecule has 0 fully saturated rings. The van der Waals surface area contributed by atoms with Crippen LogP contribution in [0.3, 0.4) is 0 Å². The van der Waals surface area contributed by atoms with Gasteiger partial charge in [-0.3, -0.25) is 4.98 Å². The summed E-state index contributed by atoms with van der Waals surface area (Å²) in [6.45, 7) is 2.07. The molecular formula is C8H8N2. The van der Waals surface area contributed by atoms with Gasteiger partial charge in [0.1, 0.15) is 0 Å². The number of aryl methyl sites for hydroxylation is 1. The average molecular weight is 132 g/mol. The molecule has 1 N–H and O–H groups in total. The molecule has 0 radical (unpaired) electrons. The van der Waals surface area contributed by atoms with Crippen LogP contribution in [0.15, 0.2) is 24.5 Å². The second-order valence-electron chi connectivity index (χ2n) is 2.37. The Bertz CT molecular complexity index is 349. The summed E-state index contributed by atoms with van der Waals surface area (Å²) in [5.74, 6) is 0. The van der Waals surface area contributed by atoms with E-state index in [9.17, 15) is 0 Å². The van der Waals surface area contributed by atoms with Gasteiger partial charge in [0.15, 0.2) is 0 Å². The van der Waals surface area contributed by atoms with Crippen LogP contribution in [0, 0.1) is 6.92 Å². The van der Waals surface area contributed by atoms with Crippen LogP contribution < -0.4 is 0 Å². The van der Waals surface area contributed by atoms with Crippen molar-refractivity contribution in [2.75, 3.05) is 0 Å². The van der Waals surface area contributed by atoms with Gasteiger partial charge in [-0.05, 0) is 24.6 Å². The predicted octanol–water partition coefficient (Wildman–Crippen LogP) is 1.87. The molecule has 2 aromatic heterocycles. The van der Waals surface area contributed by atoms with E-state index in [1.54, 1.807) is 0 Å². The molecule has 0 atom stereocenters. The SMILES string of the molecule is Cc1ccnc2cc[nH]c12. The van der Waals surface area contributed by atoms with Crippen molar-refractivity contribution in [3.63, 3.8) is 0 Å². The molecule has 0 saturated carbocycles. The van der Waals surface area contributed by atoms with Crippen LogP contribution in [-0.4, -0.2) is 9.97 Å². The standard InChI is InChI=1S/C8H8N2/c1-6-2-4-9-7-3-5-10-8(6)7/h2-5,10H,1H3. The zero-order valence-corrected chi connectivity index (χ0v) is 5.76. The highest BCUT2D eigenvalue weighted by molar-refractivity contribution is 5.77. The smallest absolute Gasteiger partial charge is 0.0881 e. The quantitative estimate of drug-likeness (QED) is 0.582. The van der Waals surface area contributed by atoms with E-state index < -0.39 is 0 Å². The minimum absolute atomic E-state index is 1.04. The Kier molecular flexibility index (Phi) is 1.01. The van der Waals surface area contributed by atoms with Gasteiger partial charge in [-0.15, -0.1) is 0 Å². The summed E-state index contributed by atoms with van der Waals surface area (Å²) in [4.78, 5) is 7.30. The van der Waals surface area contributed by atoms with E-state index in [1.807, 2.05) is 24.5 Å². The van der Waals surface area contributed by atoms with Crippen molar-refractivity contribution >= 4 is 11.0 Å². The number of hydrogen-bond acceptors (Lipinski definition) is 1. The average Bonchev–Trinajstić information content (AvgIpc) is 2.36. The van der Waals surface area contributed by atoms with E-state index in [4.69, 9.17) is 0 Å². The first-order valence-corrected chi connectivity index (χ1v) is 3.26. The second kappa shape index (κ2) is 1.84. The molecule has 50 valence electrons. The molecule has 0 aliphatic heterocycles. The molecule has 0 amide bonds. The number of rotatable bonds is 0. The van der Waals surface area contributed by atoms with Crippen LogP contribution in [0.5, 0.6) is 0 Å². The lowest BCUT2D eigenvalue weighted by atomic mass is 10.2. The first-order valence-electron chi connectivity index (χ1n) is 3.26. The highest BCUT2D eigenvalue weighted by atomic mass is 14.7. The Labute approximate surface area is 58.9 Å². The number of pyridine rings is 1. The van der Waals surface area contributed by atoms with E-state index >= 15 is 0 Å². The van der Waals surface area contributed by atoms with Crippen molar-refractivity contribution < 1.29 is 0 Å². The van der Waals surface area contributed by atoms with Crippen molar-refractivity contribution in [1.82, 2.24) is 9.97 Å². The van der Waals surface area contributed by atoms with Gasteiger partial charge in [0.2, 0.25) is 0 Å². The fraction of sp³-hybridized carbons (Fsp3) is 0.125. The Morgan fingerprint density at radius 2 is 2.30 bits per heavy atom. The minimum atomic E-state index is 1.04. The normalized spacial score (nSPS) is 10.5. The minimum Gasteiger partial charge on any atom is -0.360 e. The van der Waals surface area contributed by atoms with Crippen LogP contribution in [0.25, 0.3) is 11.0 Å². The molecule has 0 aromatic carbocycles. The van der Waals surface area contributed by atoms with Crippen molar-refractivity contribution in [3.8, 4) is 0 Å². The topological polar surface area (TPSA) is 28.7 Å². The lowest BCUT2D eigenvalue weighted by Gasteiger charge is -1.91. The first kappa shape index (κ1) is 5.47. The van der Waals surface area contributed by atoms with Gasteiger partial charge < -0.3 is 4.98 Å². The summed E-state index contributed by atoms with van der Waals surface area (Å²) in [5.41, 5.74) is 3.43. The van der Waals surface area contributed by atoms with E-state index in [0.29, 0.717) is 0 Å². The largest absolute Gasteiger partial charge is 0.360 e. The number of aromatic amines is 1. The zero-order valence-electron chi connectivity index (χ0n) is 5.76. The van der Waals surface area contributed by atoms with Crippen LogP contribution in [-0.2, 0) is 0 Å². The molecule has 2 rings (SSSR count). The van der Waals surface area contributed by atoms with Crippen LogP contribution in [0.2, 0.25) is 0 Å². The summed E-state index contributed by atoms with van der Waals surface area (Å²) in [6.07, 6.45) is 3.73. The summed E-state index contributed by atoms with van der Waals surface area (Å²) in [5, 5.41) is 0. The van der Waals surface area contributed by atoms with E-state index in [-0.39, 0.29) is 0 Å². The van der Waals surface area contributed by atoms with Gasteiger partial charge in [0.25, 0.3) is 0 Å². The monoisotopic (exact) mass is 132 g/mol. The van der Waals surface area contributed by atoms with Gasteiger partial charge in [-0.2, -0.15) is 0 Å². The van der Waals surface area contributed by atoms with Gasteiger partial charge >= 0.3 is 0 Å². The molecule has 2 heterocycles. The number of H-pyrrole nitrogens is 1. The maximum Gasteiger partial charge on any atom is 0.0881 e. The summed E-state index contributed by atoms with van der Waals surface area (Å²) in [6, 6.07) is 3.97. The summed E-state index contributed by atoms with van der Waals surface area (Å²) in [7, 11) is 0. The Balaban J connectivity index is 2.95. The molecular weight excluding hydrogens is 124 g/mol. The Morgan fingerprint density at radius 1 is 1.40 bits per heavy atom. The molecule has 0 bridgehead atoms. The number of nitrogens with zero attached hydrogens (tertiary/aromatic N) is 1. The molecule has 2 aromatic rings. The number of nitrogens with one attached hydrogen (secondary N) is 1. The van der Waals surface area contributed by atoms with Crippen molar-refractivity contribution in [2.24, 2.45) is 0 Å². The fourth-order valence-corrected chi connectivity index (χ4v) is 1.10. The highest BCUT2D eigenvalue weighted by Gasteiger charge is 1.95. The maximum atomic E-state index is 4.17. The molecule has 0 unspecified atom stereocenters. The molecule has 0 spiro atoms. The number of fused-ring (bicyclic) bond motifs is 1. The van der Waals surface area contributed by atoms with E-state index in [2.05, 4.69) is 16.9 Å². The molecule has 0 aliphatic carbocycles. The second-order valence-corrected chi connectivity index (χ2v) is 2.37. The van der Waals surface area contributed by atoms with Crippen molar-refractivity contribution in [1.29, 1.82) is 0 Å². The van der Waals surface area contributed by atoms with Gasteiger partial charge in [-0.25, -0.2) is 0 Å². The summed E-state index contributed by atoms with van der Waals surface area (Å²) >= 11 is 0. The third-order valence-electron chi connectivity index (χ3n) is 1.66. The third kappa shape index (κ3) is 0.620. The van der Waals surface area contributed by atoms with Gasteiger partial charge in [-0.1, -0.05) is 0 Å². The van der Waals surface area contributed by atoms with Crippen LogP contribution in [0.4, 0.5) is 0 Å². The van der Waals surface area contributed by atoms with E-state index in [1.165, 1.54) is 5.56 Å². The number of aromatic nitrogens is 2. The predicted molar refractivity (Wildman–Crippen MR) is 40.8 cm³/mol. The van der Waals surface area contributed by atoms with Crippen LogP contribution in [0.1, 0.15) is 5.56 Å². The van der Waals surface area contributed by atoms with Crippen molar-refractivity contribution in [2.45, 2.75) is 6.92 Å². The summed E-state index contributed by atoms with van der Waals surface area (Å²) < 4.78 is 0. The molecule has 10 heavy (non-hydrogen) atoms. The highest BCUT2D eigenvalue weighted by Crippen LogP contribution is 2.11. The third-order valence-corrected chi connectivity index (χ3v) is 1.66. The fourth-order valence-electron chi connectivity index (χ4n) is 1.10. The Hall–Kier alpha value is -1.31. The van der Waals surface area contributed by atoms with Gasteiger partial charge in [0.05, 0.1) is 11.0 Å². The molecule has 0 aliphatic rings. The maximum absolute atomic E-state index is 4.17. The molecule has 0 saturated heterocycles. The lowest BCUT2D eigenvalue weighted by molar-refractivity contribution is 1.35. The number of hydrogen-bond donors (Lipinski definition) is 1. The lowest BCUT2D eigenvalue weighted by Crippen LogP contribution is -1.77. The van der Waals surface area contributed by atoms with Gasteiger partial charge in [0, 0.05) is 12.4 Å². The van der Waals surface area contributed by atoms with Crippen molar-refractivity contribution in [3.05, 3.63) is 30.1 Å². The van der Waals surface area contributed by atoms with E-state index in [0.717, 1.165) is 11.0 Å².